The minimum Gasteiger partial charge on any atom is -0.323 e. The second-order valence-electron chi connectivity index (χ2n) is 6.36. The van der Waals surface area contributed by atoms with Crippen LogP contribution < -0.4 is 10.6 Å². The second-order valence-corrected chi connectivity index (χ2v) is 8.03. The summed E-state index contributed by atoms with van der Waals surface area (Å²) in [5, 5.41) is 14.5. The van der Waals surface area contributed by atoms with Gasteiger partial charge in [-0.25, -0.2) is 0 Å². The third kappa shape index (κ3) is 5.16. The molecule has 2 aromatic rings. The Morgan fingerprint density at radius 1 is 1.33 bits per heavy atom. The summed E-state index contributed by atoms with van der Waals surface area (Å²) in [5.41, 5.74) is 2.08. The Labute approximate surface area is 171 Å². The van der Waals surface area contributed by atoms with E-state index in [0.717, 1.165) is 19.4 Å². The van der Waals surface area contributed by atoms with Gasteiger partial charge in [-0.1, -0.05) is 34.5 Å². The molecule has 3 rings (SSSR count). The monoisotopic (exact) mass is 427 g/mol. The molecule has 2 atom stereocenters. The number of hydrogen-bond acceptors (Lipinski definition) is 6. The number of carbonyl (C=O) groups is 2. The van der Waals surface area contributed by atoms with Crippen molar-refractivity contribution in [2.24, 2.45) is 5.92 Å². The average Bonchev–Trinajstić information content (AvgIpc) is 3.16. The van der Waals surface area contributed by atoms with Gasteiger partial charge in [-0.3, -0.25) is 14.5 Å². The van der Waals surface area contributed by atoms with Gasteiger partial charge in [-0.2, -0.15) is 0 Å². The Kier molecular flexibility index (Phi) is 6.64. The van der Waals surface area contributed by atoms with Crippen molar-refractivity contribution in [1.82, 2.24) is 15.1 Å². The van der Waals surface area contributed by atoms with Crippen LogP contribution >= 0.6 is 34.5 Å². The highest BCUT2D eigenvalue weighted by Gasteiger charge is 2.31. The molecule has 1 aromatic carbocycles. The number of nitrogens with zero attached hydrogens (tertiary/aromatic N) is 3. The third-order valence-electron chi connectivity index (χ3n) is 4.53. The van der Waals surface area contributed by atoms with Gasteiger partial charge in [0.05, 0.1) is 22.7 Å². The highest BCUT2D eigenvalue weighted by Crippen LogP contribution is 2.26. The van der Waals surface area contributed by atoms with Gasteiger partial charge in [0.25, 0.3) is 0 Å². The van der Waals surface area contributed by atoms with Gasteiger partial charge < -0.3 is 10.6 Å². The van der Waals surface area contributed by atoms with Crippen molar-refractivity contribution in [3.8, 4) is 0 Å². The molecule has 7 nitrogen and oxygen atoms in total. The molecular formula is C17H19Cl2N5O2S. The van der Waals surface area contributed by atoms with E-state index in [1.807, 2.05) is 11.8 Å². The van der Waals surface area contributed by atoms with Crippen LogP contribution in [0.1, 0.15) is 19.8 Å². The van der Waals surface area contributed by atoms with Gasteiger partial charge in [-0.15, -0.1) is 10.2 Å². The van der Waals surface area contributed by atoms with E-state index < -0.39 is 6.04 Å². The van der Waals surface area contributed by atoms with E-state index >= 15 is 0 Å². The molecule has 0 spiro atoms. The lowest BCUT2D eigenvalue weighted by molar-refractivity contribution is -0.125. The van der Waals surface area contributed by atoms with Crippen LogP contribution in [0.2, 0.25) is 10.0 Å². The minimum atomic E-state index is -0.395. The molecule has 1 aliphatic rings. The summed E-state index contributed by atoms with van der Waals surface area (Å²) in [6.07, 6.45) is 1.62. The second kappa shape index (κ2) is 8.97. The Morgan fingerprint density at radius 3 is 2.85 bits per heavy atom. The van der Waals surface area contributed by atoms with Gasteiger partial charge in [0, 0.05) is 11.6 Å². The number of benzene rings is 1. The van der Waals surface area contributed by atoms with Gasteiger partial charge in [0.1, 0.15) is 5.51 Å². The molecule has 1 aromatic heterocycles. The van der Waals surface area contributed by atoms with E-state index in [1.54, 1.807) is 23.7 Å². The van der Waals surface area contributed by atoms with Crippen LogP contribution in [0.15, 0.2) is 23.7 Å². The number of hydrogen-bond donors (Lipinski definition) is 2. The number of nitrogens with one attached hydrogen (secondary N) is 2. The summed E-state index contributed by atoms with van der Waals surface area (Å²) < 4.78 is 0. The van der Waals surface area contributed by atoms with E-state index in [0.29, 0.717) is 27.4 Å². The lowest BCUT2D eigenvalue weighted by Gasteiger charge is -2.35. The van der Waals surface area contributed by atoms with E-state index in [4.69, 9.17) is 23.2 Å². The van der Waals surface area contributed by atoms with Crippen molar-refractivity contribution in [1.29, 1.82) is 0 Å². The molecule has 0 saturated carbocycles. The highest BCUT2D eigenvalue weighted by molar-refractivity contribution is 7.13. The van der Waals surface area contributed by atoms with Gasteiger partial charge in [-0.05, 0) is 44.5 Å². The number of amides is 2. The fraction of sp³-hybridized carbons (Fsp3) is 0.412. The molecular weight excluding hydrogens is 409 g/mol. The fourth-order valence-corrected chi connectivity index (χ4v) is 3.90. The quantitative estimate of drug-likeness (QED) is 0.761. The number of halogens is 2. The molecule has 0 unspecified atom stereocenters. The van der Waals surface area contributed by atoms with Crippen LogP contribution in [0.5, 0.6) is 0 Å². The van der Waals surface area contributed by atoms with Crippen molar-refractivity contribution >= 4 is 57.2 Å². The van der Waals surface area contributed by atoms with Gasteiger partial charge in [0.2, 0.25) is 16.9 Å². The lowest BCUT2D eigenvalue weighted by atomic mass is 9.96. The van der Waals surface area contributed by atoms with Crippen LogP contribution in [-0.2, 0) is 9.59 Å². The highest BCUT2D eigenvalue weighted by atomic mass is 35.5. The van der Waals surface area contributed by atoms with Crippen LogP contribution in [0.25, 0.3) is 0 Å². The molecule has 144 valence electrons. The molecule has 2 heterocycles. The first-order valence-corrected chi connectivity index (χ1v) is 10.1. The Hall–Kier alpha value is -1.74. The number of rotatable bonds is 5. The molecule has 10 heteroatoms. The van der Waals surface area contributed by atoms with Gasteiger partial charge in [0.15, 0.2) is 0 Å². The first-order chi connectivity index (χ1) is 12.9. The van der Waals surface area contributed by atoms with E-state index in [-0.39, 0.29) is 17.7 Å². The molecule has 0 radical (unpaired) electrons. The Bertz CT molecular complexity index is 818. The summed E-state index contributed by atoms with van der Waals surface area (Å²) in [4.78, 5) is 27.1. The lowest BCUT2D eigenvalue weighted by Crippen LogP contribution is -2.49. The molecule has 1 aliphatic heterocycles. The zero-order chi connectivity index (χ0) is 19.4. The smallest absolute Gasteiger partial charge is 0.241 e. The van der Waals surface area contributed by atoms with Crippen LogP contribution in [0.4, 0.5) is 10.8 Å². The number of carbonyl (C=O) groups excluding carboxylic acids is 2. The minimum absolute atomic E-state index is 0.0928. The summed E-state index contributed by atoms with van der Waals surface area (Å²) >= 11 is 13.3. The Morgan fingerprint density at radius 2 is 2.15 bits per heavy atom. The average molecular weight is 428 g/mol. The van der Waals surface area contributed by atoms with E-state index in [1.165, 1.54) is 11.3 Å². The van der Waals surface area contributed by atoms with Crippen LogP contribution in [0, 0.1) is 5.92 Å². The molecule has 1 fully saturated rings. The molecule has 2 amide bonds. The molecule has 2 N–H and O–H groups in total. The van der Waals surface area contributed by atoms with E-state index in [2.05, 4.69) is 20.8 Å². The van der Waals surface area contributed by atoms with Crippen molar-refractivity contribution in [3.05, 3.63) is 33.8 Å². The van der Waals surface area contributed by atoms with Gasteiger partial charge >= 0.3 is 0 Å². The SMILES string of the molecule is C[C@H](C(=O)Nc1ccc(Cl)cc1Cl)N1CCC[C@@H](C(=O)Nc2nncs2)C1. The van der Waals surface area contributed by atoms with E-state index in [9.17, 15) is 9.59 Å². The zero-order valence-corrected chi connectivity index (χ0v) is 16.9. The maximum atomic E-state index is 12.6. The first-order valence-electron chi connectivity index (χ1n) is 8.51. The molecule has 0 bridgehead atoms. The number of piperidine rings is 1. The standard InChI is InChI=1S/C17H19Cl2N5O2S/c1-10(15(25)21-14-5-4-12(18)7-13(14)19)24-6-2-3-11(8-24)16(26)22-17-23-20-9-27-17/h4-5,7,9-11H,2-3,6,8H2,1H3,(H,21,25)(H,22,23,26)/t10-,11-/m1/s1. The first kappa shape index (κ1) is 20.0. The zero-order valence-electron chi connectivity index (χ0n) is 14.6. The largest absolute Gasteiger partial charge is 0.323 e. The predicted molar refractivity (Wildman–Crippen MR) is 107 cm³/mol. The summed E-state index contributed by atoms with van der Waals surface area (Å²) in [5.74, 6) is -0.466. The maximum absolute atomic E-state index is 12.6. The van der Waals surface area contributed by atoms with Crippen molar-refractivity contribution in [3.63, 3.8) is 0 Å². The molecule has 1 saturated heterocycles. The number of aromatic nitrogens is 2. The molecule has 0 aliphatic carbocycles. The predicted octanol–water partition coefficient (Wildman–Crippen LogP) is 3.52. The maximum Gasteiger partial charge on any atom is 0.241 e. The van der Waals surface area contributed by atoms with Crippen molar-refractivity contribution < 1.29 is 9.59 Å². The topological polar surface area (TPSA) is 87.2 Å². The van der Waals surface area contributed by atoms with Crippen molar-refractivity contribution in [2.75, 3.05) is 23.7 Å². The normalized spacial score (nSPS) is 18.7. The Balaban J connectivity index is 1.59. The van der Waals surface area contributed by atoms with Crippen molar-refractivity contribution in [2.45, 2.75) is 25.8 Å². The summed E-state index contributed by atoms with van der Waals surface area (Å²) in [7, 11) is 0. The summed E-state index contributed by atoms with van der Waals surface area (Å²) in [6.45, 7) is 3.09. The molecule has 27 heavy (non-hydrogen) atoms. The third-order valence-corrected chi connectivity index (χ3v) is 5.68. The fourth-order valence-electron chi connectivity index (χ4n) is 3.00. The number of likely N-dealkylation sites (tertiary alicyclic amines) is 1. The van der Waals surface area contributed by atoms with Crippen LogP contribution in [-0.4, -0.2) is 46.0 Å². The number of anilines is 2. The summed E-state index contributed by atoms with van der Waals surface area (Å²) in [6, 6.07) is 4.53. The van der Waals surface area contributed by atoms with Crippen LogP contribution in [0.3, 0.4) is 0 Å².